The van der Waals surface area contributed by atoms with E-state index in [1.165, 1.54) is 0 Å². The van der Waals surface area contributed by atoms with Gasteiger partial charge in [0, 0.05) is 22.7 Å². The second-order valence-electron chi connectivity index (χ2n) is 5.76. The molecule has 0 spiro atoms. The molecule has 1 heterocycles. The van der Waals surface area contributed by atoms with E-state index in [-0.39, 0.29) is 12.5 Å². The van der Waals surface area contributed by atoms with Crippen molar-refractivity contribution in [1.29, 1.82) is 0 Å². The van der Waals surface area contributed by atoms with Crippen molar-refractivity contribution in [1.82, 2.24) is 10.4 Å². The average Bonchev–Trinajstić information content (AvgIpc) is 2.97. The Labute approximate surface area is 154 Å². The molecule has 6 heteroatoms. The first-order valence-corrected chi connectivity index (χ1v) is 8.61. The van der Waals surface area contributed by atoms with E-state index in [2.05, 4.69) is 31.4 Å². The van der Waals surface area contributed by atoms with Crippen molar-refractivity contribution in [3.63, 3.8) is 0 Å². The number of H-pyrrole nitrogens is 1. The van der Waals surface area contributed by atoms with E-state index in [0.29, 0.717) is 5.75 Å². The molecule has 128 valence electrons. The summed E-state index contributed by atoms with van der Waals surface area (Å²) in [5, 5.41) is 5.05. The Balaban J connectivity index is 1.58. The molecule has 2 N–H and O–H groups in total. The maximum atomic E-state index is 11.9. The van der Waals surface area contributed by atoms with Gasteiger partial charge in [0.25, 0.3) is 5.91 Å². The van der Waals surface area contributed by atoms with Gasteiger partial charge in [-0.05, 0) is 53.0 Å². The second kappa shape index (κ2) is 7.53. The first kappa shape index (κ1) is 17.2. The second-order valence-corrected chi connectivity index (χ2v) is 6.62. The highest BCUT2D eigenvalue weighted by atomic mass is 79.9. The number of hydrogen-bond donors (Lipinski definition) is 2. The molecule has 2 aromatic carbocycles. The van der Waals surface area contributed by atoms with Crippen LogP contribution >= 0.6 is 15.9 Å². The van der Waals surface area contributed by atoms with E-state index in [1.54, 1.807) is 6.21 Å². The Morgan fingerprint density at radius 1 is 1.32 bits per heavy atom. The molecule has 5 nitrogen and oxygen atoms in total. The van der Waals surface area contributed by atoms with Gasteiger partial charge in [-0.2, -0.15) is 5.10 Å². The molecule has 0 atom stereocenters. The maximum absolute atomic E-state index is 11.9. The number of para-hydroxylation sites is 1. The van der Waals surface area contributed by atoms with Crippen molar-refractivity contribution in [3.05, 3.63) is 63.8 Å². The van der Waals surface area contributed by atoms with E-state index in [9.17, 15) is 4.79 Å². The number of carbonyl (C=O) groups excluding carboxylic acids is 1. The molecule has 0 aliphatic heterocycles. The molecule has 0 bridgehead atoms. The van der Waals surface area contributed by atoms with Gasteiger partial charge in [0.15, 0.2) is 6.61 Å². The lowest BCUT2D eigenvalue weighted by atomic mass is 10.1. The van der Waals surface area contributed by atoms with Crippen LogP contribution in [0, 0.1) is 13.8 Å². The number of nitrogens with zero attached hydrogens (tertiary/aromatic N) is 1. The van der Waals surface area contributed by atoms with Crippen LogP contribution in [-0.4, -0.2) is 23.7 Å². The summed E-state index contributed by atoms with van der Waals surface area (Å²) < 4.78 is 6.44. The summed E-state index contributed by atoms with van der Waals surface area (Å²) in [5.74, 6) is 0.351. The molecule has 0 saturated carbocycles. The van der Waals surface area contributed by atoms with Gasteiger partial charge < -0.3 is 9.72 Å². The van der Waals surface area contributed by atoms with Gasteiger partial charge in [-0.3, -0.25) is 4.79 Å². The zero-order chi connectivity index (χ0) is 17.8. The van der Waals surface area contributed by atoms with Crippen LogP contribution in [0.15, 0.2) is 52.2 Å². The number of hydrazone groups is 1. The topological polar surface area (TPSA) is 66.5 Å². The highest BCUT2D eigenvalue weighted by molar-refractivity contribution is 9.10. The monoisotopic (exact) mass is 399 g/mol. The SMILES string of the molecule is Cc1cc(C)c(OCC(=O)N/N=C\c2c[nH]c3ccccc23)c(Br)c1. The molecule has 1 amide bonds. The smallest absolute Gasteiger partial charge is 0.277 e. The third-order valence-electron chi connectivity index (χ3n) is 3.74. The number of aromatic amines is 1. The number of carbonyl (C=O) groups is 1. The van der Waals surface area contributed by atoms with Crippen LogP contribution in [0.4, 0.5) is 0 Å². The minimum atomic E-state index is -0.317. The Morgan fingerprint density at radius 2 is 2.12 bits per heavy atom. The fraction of sp³-hybridized carbons (Fsp3) is 0.158. The standard InChI is InChI=1S/C19H18BrN3O2/c1-12-7-13(2)19(16(20)8-12)25-11-18(24)23-22-10-14-9-21-17-6-4-3-5-15(14)17/h3-10,21H,11H2,1-2H3,(H,23,24)/b22-10-. The molecular weight excluding hydrogens is 382 g/mol. The number of hydrogen-bond acceptors (Lipinski definition) is 3. The predicted octanol–water partition coefficient (Wildman–Crippen LogP) is 4.08. The summed E-state index contributed by atoms with van der Waals surface area (Å²) >= 11 is 3.46. The number of benzene rings is 2. The molecular formula is C19H18BrN3O2. The average molecular weight is 400 g/mol. The molecule has 0 unspecified atom stereocenters. The van der Waals surface area contributed by atoms with Crippen LogP contribution in [0.25, 0.3) is 10.9 Å². The van der Waals surface area contributed by atoms with Gasteiger partial charge in [-0.25, -0.2) is 5.43 Å². The minimum absolute atomic E-state index is 0.103. The molecule has 25 heavy (non-hydrogen) atoms. The van der Waals surface area contributed by atoms with Crippen molar-refractivity contribution in [2.45, 2.75) is 13.8 Å². The summed E-state index contributed by atoms with van der Waals surface area (Å²) in [5.41, 5.74) is 6.52. The van der Waals surface area contributed by atoms with Crippen LogP contribution in [-0.2, 0) is 4.79 Å². The number of ether oxygens (including phenoxy) is 1. The lowest BCUT2D eigenvalue weighted by Gasteiger charge is -2.11. The number of aryl methyl sites for hydroxylation is 2. The summed E-state index contributed by atoms with van der Waals surface area (Å²) in [6.07, 6.45) is 3.47. The fourth-order valence-electron chi connectivity index (χ4n) is 2.63. The Kier molecular flexibility index (Phi) is 5.19. The zero-order valence-electron chi connectivity index (χ0n) is 14.0. The number of aromatic nitrogens is 1. The lowest BCUT2D eigenvalue weighted by Crippen LogP contribution is -2.24. The van der Waals surface area contributed by atoms with Crippen molar-refractivity contribution in [2.24, 2.45) is 5.10 Å². The van der Waals surface area contributed by atoms with Gasteiger partial charge in [-0.15, -0.1) is 0 Å². The van der Waals surface area contributed by atoms with Gasteiger partial charge in [0.1, 0.15) is 5.75 Å². The lowest BCUT2D eigenvalue weighted by molar-refractivity contribution is -0.123. The molecule has 1 aromatic heterocycles. The summed E-state index contributed by atoms with van der Waals surface area (Å²) in [6, 6.07) is 11.9. The number of amides is 1. The van der Waals surface area contributed by atoms with E-state index < -0.39 is 0 Å². The van der Waals surface area contributed by atoms with Gasteiger partial charge in [-0.1, -0.05) is 24.3 Å². The highest BCUT2D eigenvalue weighted by Gasteiger charge is 2.09. The number of fused-ring (bicyclic) bond motifs is 1. The van der Waals surface area contributed by atoms with Crippen molar-refractivity contribution >= 4 is 39.0 Å². The van der Waals surface area contributed by atoms with Gasteiger partial charge in [0.2, 0.25) is 0 Å². The summed E-state index contributed by atoms with van der Waals surface area (Å²) in [7, 11) is 0. The highest BCUT2D eigenvalue weighted by Crippen LogP contribution is 2.30. The molecule has 0 aliphatic rings. The molecule has 0 aliphatic carbocycles. The predicted molar refractivity (Wildman–Crippen MR) is 103 cm³/mol. The molecule has 0 saturated heterocycles. The molecule has 3 aromatic rings. The summed E-state index contributed by atoms with van der Waals surface area (Å²) in [6.45, 7) is 3.85. The quantitative estimate of drug-likeness (QED) is 0.501. The zero-order valence-corrected chi connectivity index (χ0v) is 15.6. The fourth-order valence-corrected chi connectivity index (χ4v) is 3.42. The van der Waals surface area contributed by atoms with Crippen LogP contribution in [0.5, 0.6) is 5.75 Å². The Bertz CT molecular complexity index is 924. The largest absolute Gasteiger partial charge is 0.482 e. The number of rotatable bonds is 5. The number of halogens is 1. The number of nitrogens with one attached hydrogen (secondary N) is 2. The van der Waals surface area contributed by atoms with Crippen LogP contribution in [0.1, 0.15) is 16.7 Å². The van der Waals surface area contributed by atoms with E-state index in [1.807, 2.05) is 56.4 Å². The molecule has 0 radical (unpaired) electrons. The van der Waals surface area contributed by atoms with Crippen molar-refractivity contribution < 1.29 is 9.53 Å². The van der Waals surface area contributed by atoms with Gasteiger partial charge >= 0.3 is 0 Å². The molecule has 3 rings (SSSR count). The van der Waals surface area contributed by atoms with Crippen LogP contribution in [0.3, 0.4) is 0 Å². The van der Waals surface area contributed by atoms with Crippen molar-refractivity contribution in [3.8, 4) is 5.75 Å². The first-order valence-electron chi connectivity index (χ1n) is 7.82. The van der Waals surface area contributed by atoms with Crippen LogP contribution < -0.4 is 10.2 Å². The Morgan fingerprint density at radius 3 is 2.92 bits per heavy atom. The van der Waals surface area contributed by atoms with Gasteiger partial charge in [0.05, 0.1) is 10.7 Å². The van der Waals surface area contributed by atoms with E-state index >= 15 is 0 Å². The molecule has 0 fully saturated rings. The summed E-state index contributed by atoms with van der Waals surface area (Å²) in [4.78, 5) is 15.1. The van der Waals surface area contributed by atoms with E-state index in [0.717, 1.165) is 32.1 Å². The van der Waals surface area contributed by atoms with Crippen molar-refractivity contribution in [2.75, 3.05) is 6.61 Å². The maximum Gasteiger partial charge on any atom is 0.277 e. The third kappa shape index (κ3) is 4.09. The van der Waals surface area contributed by atoms with Crippen LogP contribution in [0.2, 0.25) is 0 Å². The third-order valence-corrected chi connectivity index (χ3v) is 4.32. The Hall–Kier alpha value is -2.60. The minimum Gasteiger partial charge on any atom is -0.482 e. The normalized spacial score (nSPS) is 11.2. The first-order chi connectivity index (χ1) is 12.0. The van der Waals surface area contributed by atoms with E-state index in [4.69, 9.17) is 4.74 Å².